The number of aryl methyl sites for hydroxylation is 2. The summed E-state index contributed by atoms with van der Waals surface area (Å²) in [6.07, 6.45) is 6.17. The number of fused-ring (bicyclic) bond motifs is 1. The van der Waals surface area contributed by atoms with Gasteiger partial charge in [-0.15, -0.1) is 0 Å². The van der Waals surface area contributed by atoms with E-state index in [4.69, 9.17) is 9.97 Å². The fourth-order valence-corrected chi connectivity index (χ4v) is 3.51. The maximum atomic E-state index is 4.86. The van der Waals surface area contributed by atoms with Crippen LogP contribution in [0.25, 0.3) is 10.9 Å². The number of hydrogen-bond donors (Lipinski definition) is 1. The third kappa shape index (κ3) is 4.04. The molecule has 2 heterocycles. The van der Waals surface area contributed by atoms with Crippen LogP contribution in [0, 0.1) is 13.8 Å². The highest BCUT2D eigenvalue weighted by Crippen LogP contribution is 2.22. The zero-order chi connectivity index (χ0) is 16.9. The number of benzene rings is 1. The van der Waals surface area contributed by atoms with Crippen molar-refractivity contribution < 1.29 is 0 Å². The lowest BCUT2D eigenvalue weighted by atomic mass is 10.1. The van der Waals surface area contributed by atoms with Crippen molar-refractivity contribution in [2.75, 3.05) is 24.5 Å². The molecule has 130 valence electrons. The molecule has 0 saturated carbocycles. The van der Waals surface area contributed by atoms with Gasteiger partial charge in [0.1, 0.15) is 0 Å². The minimum absolute atomic E-state index is 0.644. The van der Waals surface area contributed by atoms with Crippen LogP contribution in [0.4, 0.5) is 5.95 Å². The first kappa shape index (κ1) is 17.2. The molecule has 1 fully saturated rings. The Morgan fingerprint density at radius 3 is 2.88 bits per heavy atom. The number of anilines is 1. The van der Waals surface area contributed by atoms with E-state index >= 15 is 0 Å². The Morgan fingerprint density at radius 1 is 1.17 bits per heavy atom. The van der Waals surface area contributed by atoms with Gasteiger partial charge in [-0.25, -0.2) is 9.97 Å². The van der Waals surface area contributed by atoms with Crippen LogP contribution in [-0.4, -0.2) is 35.6 Å². The van der Waals surface area contributed by atoms with Crippen LogP contribution >= 0.6 is 0 Å². The Balaban J connectivity index is 1.73. The summed E-state index contributed by atoms with van der Waals surface area (Å²) < 4.78 is 0. The molecular weight excluding hydrogens is 296 g/mol. The second-order valence-corrected chi connectivity index (χ2v) is 7.05. The molecule has 1 aromatic carbocycles. The Morgan fingerprint density at radius 2 is 2.04 bits per heavy atom. The molecule has 1 atom stereocenters. The van der Waals surface area contributed by atoms with E-state index in [1.54, 1.807) is 0 Å². The maximum Gasteiger partial charge on any atom is 0.226 e. The first-order valence-electron chi connectivity index (χ1n) is 9.40. The van der Waals surface area contributed by atoms with Crippen molar-refractivity contribution in [1.82, 2.24) is 15.3 Å². The summed E-state index contributed by atoms with van der Waals surface area (Å²) >= 11 is 0. The fourth-order valence-electron chi connectivity index (χ4n) is 3.51. The predicted octanol–water partition coefficient (Wildman–Crippen LogP) is 4.00. The zero-order valence-corrected chi connectivity index (χ0v) is 15.3. The molecule has 1 aromatic heterocycles. The second kappa shape index (κ2) is 7.93. The Hall–Kier alpha value is -1.68. The first-order valence-corrected chi connectivity index (χ1v) is 9.40. The maximum absolute atomic E-state index is 4.86. The minimum Gasteiger partial charge on any atom is -0.341 e. The van der Waals surface area contributed by atoms with Gasteiger partial charge in [0, 0.05) is 24.5 Å². The summed E-state index contributed by atoms with van der Waals surface area (Å²) in [7, 11) is 0. The molecule has 0 spiro atoms. The molecule has 24 heavy (non-hydrogen) atoms. The molecule has 4 heteroatoms. The molecular formula is C20H30N4. The fraction of sp³-hybridized carbons (Fsp3) is 0.600. The Kier molecular flexibility index (Phi) is 5.67. The van der Waals surface area contributed by atoms with Gasteiger partial charge in [0.15, 0.2) is 0 Å². The lowest BCUT2D eigenvalue weighted by Crippen LogP contribution is -2.32. The van der Waals surface area contributed by atoms with Gasteiger partial charge in [-0.1, -0.05) is 25.5 Å². The number of rotatable bonds is 5. The zero-order valence-electron chi connectivity index (χ0n) is 15.3. The van der Waals surface area contributed by atoms with Gasteiger partial charge < -0.3 is 10.2 Å². The molecule has 4 nitrogen and oxygen atoms in total. The smallest absolute Gasteiger partial charge is 0.226 e. The van der Waals surface area contributed by atoms with Crippen molar-refractivity contribution in [1.29, 1.82) is 0 Å². The third-order valence-electron chi connectivity index (χ3n) is 5.01. The molecule has 0 aliphatic carbocycles. The van der Waals surface area contributed by atoms with Crippen molar-refractivity contribution in [2.45, 2.75) is 58.9 Å². The molecule has 0 bridgehead atoms. The molecule has 1 saturated heterocycles. The number of unbranched alkanes of at least 4 members (excludes halogenated alkanes) is 1. The van der Waals surface area contributed by atoms with Gasteiger partial charge in [0.05, 0.1) is 11.2 Å². The summed E-state index contributed by atoms with van der Waals surface area (Å²) in [6, 6.07) is 7.09. The summed E-state index contributed by atoms with van der Waals surface area (Å²) in [4.78, 5) is 12.0. The Bertz CT molecular complexity index is 683. The lowest BCUT2D eigenvalue weighted by molar-refractivity contribution is 0.464. The van der Waals surface area contributed by atoms with E-state index in [-0.39, 0.29) is 0 Å². The normalized spacial score (nSPS) is 18.8. The molecule has 1 N–H and O–H groups in total. The van der Waals surface area contributed by atoms with Crippen LogP contribution in [0.1, 0.15) is 50.3 Å². The molecule has 3 rings (SSSR count). The molecule has 0 amide bonds. The van der Waals surface area contributed by atoms with Crippen molar-refractivity contribution in [3.05, 3.63) is 29.5 Å². The lowest BCUT2D eigenvalue weighted by Gasteiger charge is -2.21. The van der Waals surface area contributed by atoms with Gasteiger partial charge in [-0.3, -0.25) is 0 Å². The van der Waals surface area contributed by atoms with E-state index in [2.05, 4.69) is 49.2 Å². The second-order valence-electron chi connectivity index (χ2n) is 7.05. The molecule has 0 radical (unpaired) electrons. The minimum atomic E-state index is 0.644. The molecule has 2 aromatic rings. The van der Waals surface area contributed by atoms with Gasteiger partial charge in [0.2, 0.25) is 5.95 Å². The monoisotopic (exact) mass is 326 g/mol. The summed E-state index contributed by atoms with van der Waals surface area (Å²) in [5.74, 6) is 0.903. The van der Waals surface area contributed by atoms with Crippen molar-refractivity contribution in [3.63, 3.8) is 0 Å². The number of aromatic nitrogens is 2. The van der Waals surface area contributed by atoms with E-state index < -0.39 is 0 Å². The van der Waals surface area contributed by atoms with E-state index in [9.17, 15) is 0 Å². The number of nitrogens with zero attached hydrogens (tertiary/aromatic N) is 3. The molecule has 1 aliphatic heterocycles. The van der Waals surface area contributed by atoms with Crippen LogP contribution in [0.3, 0.4) is 0 Å². The highest BCUT2D eigenvalue weighted by molar-refractivity contribution is 5.82. The summed E-state index contributed by atoms with van der Waals surface area (Å²) in [5.41, 5.74) is 3.40. The average Bonchev–Trinajstić information content (AvgIpc) is 2.80. The van der Waals surface area contributed by atoms with Gasteiger partial charge >= 0.3 is 0 Å². The highest BCUT2D eigenvalue weighted by Gasteiger charge is 2.19. The predicted molar refractivity (Wildman–Crippen MR) is 102 cm³/mol. The quantitative estimate of drug-likeness (QED) is 0.843. The van der Waals surface area contributed by atoms with Crippen molar-refractivity contribution >= 4 is 16.9 Å². The molecule has 1 aliphatic rings. The topological polar surface area (TPSA) is 41.0 Å². The molecule has 0 unspecified atom stereocenters. The van der Waals surface area contributed by atoms with E-state index in [1.165, 1.54) is 43.1 Å². The third-order valence-corrected chi connectivity index (χ3v) is 5.01. The standard InChI is InChI=1S/C20H30N4/c1-4-5-11-21-17-7-6-12-24(13-10-17)20-22-16(3)18-9-8-15(2)14-19(18)23-20/h8-9,14,17,21H,4-7,10-13H2,1-3H3/t17-/m1/s1. The van der Waals surface area contributed by atoms with Crippen molar-refractivity contribution in [2.24, 2.45) is 0 Å². The SMILES string of the molecule is CCCCN[C@@H]1CCCN(c2nc(C)c3ccc(C)cc3n2)CC1. The van der Waals surface area contributed by atoms with E-state index in [0.29, 0.717) is 6.04 Å². The summed E-state index contributed by atoms with van der Waals surface area (Å²) in [5, 5.41) is 4.88. The highest BCUT2D eigenvalue weighted by atomic mass is 15.3. The largest absolute Gasteiger partial charge is 0.341 e. The van der Waals surface area contributed by atoms with Gasteiger partial charge in [-0.2, -0.15) is 0 Å². The van der Waals surface area contributed by atoms with Crippen LogP contribution in [0.2, 0.25) is 0 Å². The van der Waals surface area contributed by atoms with Crippen LogP contribution in [0.5, 0.6) is 0 Å². The van der Waals surface area contributed by atoms with E-state index in [0.717, 1.165) is 36.8 Å². The first-order chi connectivity index (χ1) is 11.7. The van der Waals surface area contributed by atoms with Gasteiger partial charge in [-0.05, 0) is 57.7 Å². The summed E-state index contributed by atoms with van der Waals surface area (Å²) in [6.45, 7) is 9.71. The Labute approximate surface area is 145 Å². The number of hydrogen-bond acceptors (Lipinski definition) is 4. The van der Waals surface area contributed by atoms with Crippen molar-refractivity contribution in [3.8, 4) is 0 Å². The average molecular weight is 326 g/mol. The van der Waals surface area contributed by atoms with Crippen LogP contribution in [0.15, 0.2) is 18.2 Å². The van der Waals surface area contributed by atoms with Gasteiger partial charge in [0.25, 0.3) is 0 Å². The van der Waals surface area contributed by atoms with Crippen LogP contribution < -0.4 is 10.2 Å². The van der Waals surface area contributed by atoms with Crippen LogP contribution in [-0.2, 0) is 0 Å². The van der Waals surface area contributed by atoms with E-state index in [1.807, 2.05) is 0 Å². The number of nitrogens with one attached hydrogen (secondary N) is 1.